The summed E-state index contributed by atoms with van der Waals surface area (Å²) in [4.78, 5) is 30.0. The molecule has 1 aromatic heterocycles. The van der Waals surface area contributed by atoms with E-state index in [1.54, 1.807) is 19.1 Å². The molecule has 0 bridgehead atoms. The van der Waals surface area contributed by atoms with Gasteiger partial charge in [0.05, 0.1) is 29.0 Å². The van der Waals surface area contributed by atoms with E-state index in [4.69, 9.17) is 14.2 Å². The summed E-state index contributed by atoms with van der Waals surface area (Å²) in [7, 11) is 0. The highest BCUT2D eigenvalue weighted by Gasteiger charge is 2.17. The molecule has 0 fully saturated rings. The van der Waals surface area contributed by atoms with Crippen LogP contribution < -0.4 is 14.3 Å². The van der Waals surface area contributed by atoms with Crippen molar-refractivity contribution in [2.45, 2.75) is 24.8 Å². The second-order valence-corrected chi connectivity index (χ2v) is 8.86. The average molecular weight is 477 g/mol. The molecule has 0 saturated heterocycles. The van der Waals surface area contributed by atoms with Crippen molar-refractivity contribution < 1.29 is 28.2 Å². The van der Waals surface area contributed by atoms with Crippen LogP contribution in [0, 0.1) is 5.82 Å². The minimum Gasteiger partial charge on any atom is -0.486 e. The van der Waals surface area contributed by atoms with Crippen LogP contribution in [0.25, 0.3) is 10.2 Å². The smallest absolute Gasteiger partial charge is 0.307 e. The van der Waals surface area contributed by atoms with Gasteiger partial charge in [-0.15, -0.1) is 11.8 Å². The number of amides is 1. The molecule has 0 N–H and O–H groups in total. The Hall–Kier alpha value is -2.85. The second kappa shape index (κ2) is 10.2. The molecule has 3 aromatic rings. The molecule has 7 nitrogen and oxygen atoms in total. The Bertz CT molecular complexity index is 1200. The molecule has 0 atom stereocenters. The number of thiazole rings is 1. The number of benzene rings is 2. The summed E-state index contributed by atoms with van der Waals surface area (Å²) in [5.74, 6) is 0.409. The molecule has 1 amide bonds. The van der Waals surface area contributed by atoms with Gasteiger partial charge in [-0.25, -0.2) is 4.39 Å². The van der Waals surface area contributed by atoms with Crippen LogP contribution >= 0.6 is 23.1 Å². The van der Waals surface area contributed by atoms with Gasteiger partial charge in [0, 0.05) is 23.6 Å². The molecule has 0 unspecified atom stereocenters. The van der Waals surface area contributed by atoms with Crippen LogP contribution in [0.4, 0.5) is 4.39 Å². The monoisotopic (exact) mass is 476 g/mol. The van der Waals surface area contributed by atoms with Crippen molar-refractivity contribution in [3.8, 4) is 11.5 Å². The number of aryl methyl sites for hydroxylation is 1. The van der Waals surface area contributed by atoms with Crippen LogP contribution in [0.5, 0.6) is 11.5 Å². The zero-order valence-corrected chi connectivity index (χ0v) is 19.0. The number of hydrogen-bond acceptors (Lipinski definition) is 7. The third-order valence-electron chi connectivity index (χ3n) is 4.59. The zero-order chi connectivity index (χ0) is 22.5. The number of fused-ring (bicyclic) bond motifs is 2. The van der Waals surface area contributed by atoms with Crippen molar-refractivity contribution in [3.63, 3.8) is 0 Å². The van der Waals surface area contributed by atoms with Gasteiger partial charge in [0.1, 0.15) is 19.0 Å². The summed E-state index contributed by atoms with van der Waals surface area (Å²) < 4.78 is 32.1. The summed E-state index contributed by atoms with van der Waals surface area (Å²) in [5.41, 5.74) is 0.807. The predicted molar refractivity (Wildman–Crippen MR) is 120 cm³/mol. The first-order valence-corrected chi connectivity index (χ1v) is 11.9. The molecule has 0 radical (unpaired) electrons. The second-order valence-electron chi connectivity index (χ2n) is 6.80. The molecule has 10 heteroatoms. The summed E-state index contributed by atoms with van der Waals surface area (Å²) in [5, 5.41) is 0. The van der Waals surface area contributed by atoms with Crippen LogP contribution in [-0.4, -0.2) is 42.0 Å². The predicted octanol–water partition coefficient (Wildman–Crippen LogP) is 3.79. The minimum atomic E-state index is -0.326. The number of aromatic nitrogens is 1. The molecule has 168 valence electrons. The fourth-order valence-electron chi connectivity index (χ4n) is 3.16. The highest BCUT2D eigenvalue weighted by atomic mass is 32.2. The van der Waals surface area contributed by atoms with E-state index >= 15 is 0 Å². The first-order valence-electron chi connectivity index (χ1n) is 10.1. The van der Waals surface area contributed by atoms with E-state index < -0.39 is 0 Å². The molecule has 0 spiro atoms. The lowest BCUT2D eigenvalue weighted by molar-refractivity contribution is -0.143. The van der Waals surface area contributed by atoms with Crippen molar-refractivity contribution in [3.05, 3.63) is 47.0 Å². The number of halogens is 1. The summed E-state index contributed by atoms with van der Waals surface area (Å²) >= 11 is 2.63. The van der Waals surface area contributed by atoms with Gasteiger partial charge in [-0.2, -0.15) is 4.99 Å². The van der Waals surface area contributed by atoms with E-state index in [-0.39, 0.29) is 29.9 Å². The van der Waals surface area contributed by atoms with E-state index in [1.165, 1.54) is 35.2 Å². The van der Waals surface area contributed by atoms with Gasteiger partial charge in [0.15, 0.2) is 16.3 Å². The molecule has 2 heterocycles. The van der Waals surface area contributed by atoms with Gasteiger partial charge in [-0.05, 0) is 31.2 Å². The molecule has 2 aromatic carbocycles. The molecule has 1 aliphatic heterocycles. The van der Waals surface area contributed by atoms with Gasteiger partial charge in [0.2, 0.25) is 0 Å². The molecule has 1 aliphatic rings. The first kappa shape index (κ1) is 22.3. The average Bonchev–Trinajstić information content (AvgIpc) is 3.11. The van der Waals surface area contributed by atoms with Crippen molar-refractivity contribution in [1.82, 2.24) is 4.57 Å². The van der Waals surface area contributed by atoms with Gasteiger partial charge in [0.25, 0.3) is 5.91 Å². The third-order valence-corrected chi connectivity index (χ3v) is 6.63. The van der Waals surface area contributed by atoms with E-state index in [2.05, 4.69) is 4.99 Å². The Morgan fingerprint density at radius 1 is 1.19 bits per heavy atom. The standard InChI is InChI=1S/C22H21FN2O5S2/c1-2-28-21(27)7-8-25-16-11-17-18(30-10-9-29-17)12-19(16)32-22(25)24-20(26)13-31-15-5-3-14(23)4-6-15/h3-6,11-12H,2,7-10,13H2,1H3. The van der Waals surface area contributed by atoms with Crippen molar-refractivity contribution >= 4 is 45.2 Å². The van der Waals surface area contributed by atoms with Crippen LogP contribution in [0.15, 0.2) is 46.3 Å². The largest absolute Gasteiger partial charge is 0.486 e. The van der Waals surface area contributed by atoms with E-state index in [9.17, 15) is 14.0 Å². The highest BCUT2D eigenvalue weighted by molar-refractivity contribution is 8.00. The Balaban J connectivity index is 1.63. The third kappa shape index (κ3) is 5.31. The number of nitrogens with zero attached hydrogens (tertiary/aromatic N) is 2. The summed E-state index contributed by atoms with van der Waals surface area (Å²) in [6, 6.07) is 9.66. The normalized spacial score (nSPS) is 13.4. The first-order chi connectivity index (χ1) is 15.5. The Kier molecular flexibility index (Phi) is 7.11. The van der Waals surface area contributed by atoms with Gasteiger partial charge < -0.3 is 18.8 Å². The SMILES string of the molecule is CCOC(=O)CCn1c(=NC(=O)CSc2ccc(F)cc2)sc2cc3c(cc21)OCCO3. The zero-order valence-electron chi connectivity index (χ0n) is 17.3. The Morgan fingerprint density at radius 3 is 2.62 bits per heavy atom. The number of rotatable bonds is 7. The van der Waals surface area contributed by atoms with Crippen LogP contribution in [0.2, 0.25) is 0 Å². The molecular formula is C22H21FN2O5S2. The molecular weight excluding hydrogens is 455 g/mol. The van der Waals surface area contributed by atoms with Crippen LogP contribution in [0.1, 0.15) is 13.3 Å². The van der Waals surface area contributed by atoms with E-state index in [1.807, 2.05) is 16.7 Å². The minimum absolute atomic E-state index is 0.112. The Labute approximate surface area is 191 Å². The number of esters is 1. The van der Waals surface area contributed by atoms with Crippen LogP contribution in [-0.2, 0) is 20.9 Å². The maximum absolute atomic E-state index is 13.1. The highest BCUT2D eigenvalue weighted by Crippen LogP contribution is 2.35. The molecule has 0 aliphatic carbocycles. The molecule has 0 saturated carbocycles. The lowest BCUT2D eigenvalue weighted by Crippen LogP contribution is -2.20. The Morgan fingerprint density at radius 2 is 1.91 bits per heavy atom. The summed E-state index contributed by atoms with van der Waals surface area (Å²) in [6.07, 6.45) is 0.153. The van der Waals surface area contributed by atoms with Gasteiger partial charge in [-0.3, -0.25) is 9.59 Å². The summed E-state index contributed by atoms with van der Waals surface area (Å²) in [6.45, 7) is 3.32. The van der Waals surface area contributed by atoms with Crippen molar-refractivity contribution in [1.29, 1.82) is 0 Å². The van der Waals surface area contributed by atoms with Crippen molar-refractivity contribution in [2.24, 2.45) is 4.99 Å². The van der Waals surface area contributed by atoms with E-state index in [0.717, 1.165) is 15.1 Å². The maximum Gasteiger partial charge on any atom is 0.307 e. The quantitative estimate of drug-likeness (QED) is 0.381. The fraction of sp³-hybridized carbons (Fsp3) is 0.318. The lowest BCUT2D eigenvalue weighted by atomic mass is 10.2. The topological polar surface area (TPSA) is 79.1 Å². The van der Waals surface area contributed by atoms with Gasteiger partial charge in [-0.1, -0.05) is 11.3 Å². The number of hydrogen-bond donors (Lipinski definition) is 0. The maximum atomic E-state index is 13.1. The molecule has 32 heavy (non-hydrogen) atoms. The molecule has 4 rings (SSSR count). The van der Waals surface area contributed by atoms with Crippen molar-refractivity contribution in [2.75, 3.05) is 25.6 Å². The number of carbonyl (C=O) groups is 2. The number of thioether (sulfide) groups is 1. The van der Waals surface area contributed by atoms with Crippen LogP contribution in [0.3, 0.4) is 0 Å². The fourth-order valence-corrected chi connectivity index (χ4v) is 4.93. The lowest BCUT2D eigenvalue weighted by Gasteiger charge is -2.18. The number of carbonyl (C=O) groups excluding carboxylic acids is 2. The van der Waals surface area contributed by atoms with E-state index in [0.29, 0.717) is 42.7 Å². The van der Waals surface area contributed by atoms with Gasteiger partial charge >= 0.3 is 5.97 Å². The number of ether oxygens (including phenoxy) is 3.